The molecule has 0 unspecified atom stereocenters. The van der Waals surface area contributed by atoms with Crippen molar-refractivity contribution in [3.63, 3.8) is 0 Å². The lowest BCUT2D eigenvalue weighted by Crippen LogP contribution is -1.88. The van der Waals surface area contributed by atoms with Gasteiger partial charge >= 0.3 is 0 Å². The number of rotatable bonds is 0. The van der Waals surface area contributed by atoms with Crippen molar-refractivity contribution in [2.45, 2.75) is 6.92 Å². The van der Waals surface area contributed by atoms with E-state index in [9.17, 15) is 0 Å². The van der Waals surface area contributed by atoms with Gasteiger partial charge < -0.3 is 0 Å². The SMILES string of the molecule is Cc1ccc(C#Cc2ccccc2)nn1. The van der Waals surface area contributed by atoms with E-state index < -0.39 is 0 Å². The monoisotopic (exact) mass is 194 g/mol. The van der Waals surface area contributed by atoms with Crippen LogP contribution in [0.25, 0.3) is 0 Å². The van der Waals surface area contributed by atoms with Crippen LogP contribution >= 0.6 is 0 Å². The number of benzene rings is 1. The van der Waals surface area contributed by atoms with Crippen LogP contribution in [0.5, 0.6) is 0 Å². The minimum absolute atomic E-state index is 0.699. The molecule has 0 bridgehead atoms. The van der Waals surface area contributed by atoms with Crippen LogP contribution in [0, 0.1) is 18.8 Å². The van der Waals surface area contributed by atoms with Crippen molar-refractivity contribution in [3.05, 3.63) is 59.4 Å². The molecule has 72 valence electrons. The first kappa shape index (κ1) is 9.42. The molecule has 1 heterocycles. The van der Waals surface area contributed by atoms with Gasteiger partial charge in [0.05, 0.1) is 5.69 Å². The quantitative estimate of drug-likeness (QED) is 0.601. The second-order valence-corrected chi connectivity index (χ2v) is 3.18. The molecule has 0 aliphatic carbocycles. The molecule has 0 spiro atoms. The molecular formula is C13H10N2. The van der Waals surface area contributed by atoms with Crippen molar-refractivity contribution in [1.82, 2.24) is 10.2 Å². The van der Waals surface area contributed by atoms with Crippen LogP contribution in [-0.4, -0.2) is 10.2 Å². The van der Waals surface area contributed by atoms with Crippen molar-refractivity contribution >= 4 is 0 Å². The Labute approximate surface area is 89.0 Å². The molecule has 2 rings (SSSR count). The summed E-state index contributed by atoms with van der Waals surface area (Å²) in [6.45, 7) is 1.90. The second-order valence-electron chi connectivity index (χ2n) is 3.18. The van der Waals surface area contributed by atoms with E-state index in [0.29, 0.717) is 5.69 Å². The topological polar surface area (TPSA) is 25.8 Å². The number of hydrogen-bond donors (Lipinski definition) is 0. The van der Waals surface area contributed by atoms with Gasteiger partial charge in [0, 0.05) is 5.56 Å². The molecule has 0 atom stereocenters. The highest BCUT2D eigenvalue weighted by Gasteiger charge is 1.88. The number of aryl methyl sites for hydroxylation is 1. The van der Waals surface area contributed by atoms with Gasteiger partial charge in [-0.2, -0.15) is 5.10 Å². The third kappa shape index (κ3) is 2.65. The summed E-state index contributed by atoms with van der Waals surface area (Å²) in [5.74, 6) is 5.99. The summed E-state index contributed by atoms with van der Waals surface area (Å²) in [7, 11) is 0. The van der Waals surface area contributed by atoms with E-state index in [2.05, 4.69) is 22.0 Å². The predicted octanol–water partition coefficient (Wildman–Crippen LogP) is 2.18. The van der Waals surface area contributed by atoms with Crippen molar-refractivity contribution in [2.75, 3.05) is 0 Å². The first-order valence-electron chi connectivity index (χ1n) is 4.72. The zero-order chi connectivity index (χ0) is 10.5. The van der Waals surface area contributed by atoms with Gasteiger partial charge in [-0.15, -0.1) is 5.10 Å². The summed E-state index contributed by atoms with van der Waals surface area (Å²) in [4.78, 5) is 0. The predicted molar refractivity (Wildman–Crippen MR) is 59.2 cm³/mol. The normalized spacial score (nSPS) is 9.13. The Morgan fingerprint density at radius 1 is 0.867 bits per heavy atom. The van der Waals surface area contributed by atoms with E-state index in [1.54, 1.807) is 0 Å². The van der Waals surface area contributed by atoms with E-state index in [-0.39, 0.29) is 0 Å². The van der Waals surface area contributed by atoms with Crippen LogP contribution in [0.2, 0.25) is 0 Å². The Bertz CT molecular complexity index is 490. The van der Waals surface area contributed by atoms with Crippen LogP contribution in [-0.2, 0) is 0 Å². The number of hydrogen-bond acceptors (Lipinski definition) is 2. The molecule has 0 saturated carbocycles. The maximum absolute atomic E-state index is 3.97. The molecule has 2 nitrogen and oxygen atoms in total. The van der Waals surface area contributed by atoms with Crippen molar-refractivity contribution < 1.29 is 0 Å². The fraction of sp³-hybridized carbons (Fsp3) is 0.0769. The van der Waals surface area contributed by atoms with Crippen LogP contribution in [0.1, 0.15) is 17.0 Å². The summed E-state index contributed by atoms with van der Waals surface area (Å²) in [5, 5.41) is 7.91. The van der Waals surface area contributed by atoms with Crippen LogP contribution in [0.4, 0.5) is 0 Å². The molecule has 0 saturated heterocycles. The second kappa shape index (κ2) is 4.39. The highest BCUT2D eigenvalue weighted by molar-refractivity contribution is 5.39. The van der Waals surface area contributed by atoms with E-state index in [0.717, 1.165) is 11.3 Å². The standard InChI is InChI=1S/C13H10N2/c1-11-7-9-13(15-14-11)10-8-12-5-3-2-4-6-12/h2-7,9H,1H3. The maximum atomic E-state index is 3.97. The molecule has 1 aromatic carbocycles. The Morgan fingerprint density at radius 3 is 2.33 bits per heavy atom. The average molecular weight is 194 g/mol. The summed E-state index contributed by atoms with van der Waals surface area (Å²) in [6.07, 6.45) is 0. The highest BCUT2D eigenvalue weighted by Crippen LogP contribution is 1.97. The molecule has 1 aromatic heterocycles. The van der Waals surface area contributed by atoms with E-state index >= 15 is 0 Å². The Balaban J connectivity index is 2.22. The van der Waals surface area contributed by atoms with Gasteiger partial charge in [-0.1, -0.05) is 24.1 Å². The Hall–Kier alpha value is -2.14. The van der Waals surface area contributed by atoms with Crippen molar-refractivity contribution in [1.29, 1.82) is 0 Å². The summed E-state index contributed by atoms with van der Waals surface area (Å²) in [5.41, 5.74) is 2.59. The van der Waals surface area contributed by atoms with E-state index in [4.69, 9.17) is 0 Å². The Kier molecular flexibility index (Phi) is 2.75. The lowest BCUT2D eigenvalue weighted by molar-refractivity contribution is 0.967. The van der Waals surface area contributed by atoms with Crippen LogP contribution < -0.4 is 0 Å². The third-order valence-corrected chi connectivity index (χ3v) is 1.91. The maximum Gasteiger partial charge on any atom is 0.136 e. The summed E-state index contributed by atoms with van der Waals surface area (Å²) >= 11 is 0. The zero-order valence-corrected chi connectivity index (χ0v) is 8.44. The van der Waals surface area contributed by atoms with Gasteiger partial charge in [0.1, 0.15) is 5.69 Å². The summed E-state index contributed by atoms with van der Waals surface area (Å²) < 4.78 is 0. The molecule has 0 aliphatic rings. The van der Waals surface area contributed by atoms with Gasteiger partial charge in [-0.05, 0) is 37.1 Å². The highest BCUT2D eigenvalue weighted by atomic mass is 15.1. The molecule has 2 aromatic rings. The first-order chi connectivity index (χ1) is 7.34. The van der Waals surface area contributed by atoms with Crippen LogP contribution in [0.15, 0.2) is 42.5 Å². The molecule has 0 amide bonds. The molecule has 0 aliphatic heterocycles. The molecule has 0 fully saturated rings. The summed E-state index contributed by atoms with van der Waals surface area (Å²) in [6, 6.07) is 13.6. The average Bonchev–Trinajstić information content (AvgIpc) is 2.30. The molecule has 0 N–H and O–H groups in total. The molecule has 2 heteroatoms. The fourth-order valence-corrected chi connectivity index (χ4v) is 1.12. The minimum atomic E-state index is 0.699. The van der Waals surface area contributed by atoms with E-state index in [1.807, 2.05) is 49.4 Å². The minimum Gasteiger partial charge on any atom is -0.155 e. The third-order valence-electron chi connectivity index (χ3n) is 1.91. The smallest absolute Gasteiger partial charge is 0.136 e. The van der Waals surface area contributed by atoms with E-state index in [1.165, 1.54) is 0 Å². The lowest BCUT2D eigenvalue weighted by atomic mass is 10.2. The lowest BCUT2D eigenvalue weighted by Gasteiger charge is -1.89. The number of aromatic nitrogens is 2. The zero-order valence-electron chi connectivity index (χ0n) is 8.44. The fourth-order valence-electron chi connectivity index (χ4n) is 1.12. The van der Waals surface area contributed by atoms with Crippen molar-refractivity contribution in [2.24, 2.45) is 0 Å². The van der Waals surface area contributed by atoms with Gasteiger partial charge in [0.25, 0.3) is 0 Å². The largest absolute Gasteiger partial charge is 0.155 e. The van der Waals surface area contributed by atoms with Gasteiger partial charge in [-0.3, -0.25) is 0 Å². The van der Waals surface area contributed by atoms with Gasteiger partial charge in [0.2, 0.25) is 0 Å². The molecule has 15 heavy (non-hydrogen) atoms. The molecular weight excluding hydrogens is 184 g/mol. The Morgan fingerprint density at radius 2 is 1.67 bits per heavy atom. The first-order valence-corrected chi connectivity index (χ1v) is 4.72. The molecule has 0 radical (unpaired) electrons. The van der Waals surface area contributed by atoms with Gasteiger partial charge in [-0.25, -0.2) is 0 Å². The number of nitrogens with zero attached hydrogens (tertiary/aromatic N) is 2. The van der Waals surface area contributed by atoms with Crippen molar-refractivity contribution in [3.8, 4) is 11.8 Å². The van der Waals surface area contributed by atoms with Gasteiger partial charge in [0.15, 0.2) is 0 Å². The van der Waals surface area contributed by atoms with Crippen LogP contribution in [0.3, 0.4) is 0 Å².